The molecule has 2 rings (SSSR count). The summed E-state index contributed by atoms with van der Waals surface area (Å²) in [5.74, 6) is -3.09. The normalized spacial score (nSPS) is 21.9. The Labute approximate surface area is 103 Å². The van der Waals surface area contributed by atoms with Crippen molar-refractivity contribution in [2.24, 2.45) is 0 Å². The molecular formula is C12H14F3NO2. The summed E-state index contributed by atoms with van der Waals surface area (Å²) in [6.07, 6.45) is -0.428. The SMILES string of the molecule is CNC(c1cc(F)c(F)cc1F)C1COCCO1. The van der Waals surface area contributed by atoms with E-state index in [4.69, 9.17) is 9.47 Å². The van der Waals surface area contributed by atoms with Gasteiger partial charge in [-0.15, -0.1) is 0 Å². The third-order valence-corrected chi connectivity index (χ3v) is 2.90. The van der Waals surface area contributed by atoms with E-state index in [1.165, 1.54) is 0 Å². The molecule has 1 N–H and O–H groups in total. The van der Waals surface area contributed by atoms with Gasteiger partial charge in [-0.05, 0) is 13.1 Å². The van der Waals surface area contributed by atoms with E-state index in [-0.39, 0.29) is 12.2 Å². The average Bonchev–Trinajstić information content (AvgIpc) is 2.38. The molecule has 0 aromatic heterocycles. The van der Waals surface area contributed by atoms with E-state index in [1.54, 1.807) is 7.05 Å². The van der Waals surface area contributed by atoms with Gasteiger partial charge in [0.25, 0.3) is 0 Å². The highest BCUT2D eigenvalue weighted by atomic mass is 19.2. The van der Waals surface area contributed by atoms with Crippen LogP contribution in [0.25, 0.3) is 0 Å². The first-order valence-corrected chi connectivity index (χ1v) is 5.64. The van der Waals surface area contributed by atoms with Crippen molar-refractivity contribution < 1.29 is 22.6 Å². The molecule has 1 aromatic carbocycles. The fourth-order valence-electron chi connectivity index (χ4n) is 2.02. The molecule has 3 nitrogen and oxygen atoms in total. The third-order valence-electron chi connectivity index (χ3n) is 2.90. The first-order valence-electron chi connectivity index (χ1n) is 5.64. The standard InChI is InChI=1S/C12H14F3NO2/c1-16-12(11-6-17-2-3-18-11)7-4-9(14)10(15)5-8(7)13/h4-5,11-12,16H,2-3,6H2,1H3. The van der Waals surface area contributed by atoms with Crippen molar-refractivity contribution in [1.29, 1.82) is 0 Å². The van der Waals surface area contributed by atoms with Crippen molar-refractivity contribution in [2.75, 3.05) is 26.9 Å². The summed E-state index contributed by atoms with van der Waals surface area (Å²) in [5, 5.41) is 2.84. The highest BCUT2D eigenvalue weighted by Gasteiger charge is 2.28. The zero-order valence-corrected chi connectivity index (χ0v) is 9.88. The van der Waals surface area contributed by atoms with Crippen LogP contribution in [0.1, 0.15) is 11.6 Å². The van der Waals surface area contributed by atoms with Crippen LogP contribution in [0, 0.1) is 17.5 Å². The van der Waals surface area contributed by atoms with Gasteiger partial charge in [0, 0.05) is 11.6 Å². The van der Waals surface area contributed by atoms with Crippen molar-refractivity contribution in [3.63, 3.8) is 0 Å². The Balaban J connectivity index is 2.28. The Bertz CT molecular complexity index is 422. The predicted molar refractivity (Wildman–Crippen MR) is 58.7 cm³/mol. The van der Waals surface area contributed by atoms with Crippen LogP contribution in [0.3, 0.4) is 0 Å². The Hall–Kier alpha value is -1.11. The van der Waals surface area contributed by atoms with Crippen molar-refractivity contribution in [3.05, 3.63) is 35.1 Å². The van der Waals surface area contributed by atoms with Crippen LogP contribution in [-0.2, 0) is 9.47 Å². The molecule has 1 fully saturated rings. The first-order chi connectivity index (χ1) is 8.63. The van der Waals surface area contributed by atoms with E-state index in [2.05, 4.69) is 5.32 Å². The molecule has 0 amide bonds. The summed E-state index contributed by atoms with van der Waals surface area (Å²) >= 11 is 0. The Morgan fingerprint density at radius 1 is 1.17 bits per heavy atom. The van der Waals surface area contributed by atoms with Gasteiger partial charge < -0.3 is 14.8 Å². The Morgan fingerprint density at radius 3 is 2.50 bits per heavy atom. The monoisotopic (exact) mass is 261 g/mol. The average molecular weight is 261 g/mol. The zero-order chi connectivity index (χ0) is 13.1. The molecule has 18 heavy (non-hydrogen) atoms. The highest BCUT2D eigenvalue weighted by Crippen LogP contribution is 2.25. The van der Waals surface area contributed by atoms with Crippen molar-refractivity contribution >= 4 is 0 Å². The van der Waals surface area contributed by atoms with Gasteiger partial charge in [0.1, 0.15) is 11.9 Å². The third kappa shape index (κ3) is 2.66. The largest absolute Gasteiger partial charge is 0.376 e. The molecule has 2 atom stereocenters. The molecule has 1 heterocycles. The molecule has 0 aliphatic carbocycles. The van der Waals surface area contributed by atoms with Crippen molar-refractivity contribution in [1.82, 2.24) is 5.32 Å². The van der Waals surface area contributed by atoms with E-state index >= 15 is 0 Å². The van der Waals surface area contributed by atoms with Crippen molar-refractivity contribution in [2.45, 2.75) is 12.1 Å². The van der Waals surface area contributed by atoms with Gasteiger partial charge in [-0.3, -0.25) is 0 Å². The second-order valence-electron chi connectivity index (χ2n) is 4.04. The van der Waals surface area contributed by atoms with Gasteiger partial charge in [0.15, 0.2) is 11.6 Å². The van der Waals surface area contributed by atoms with Crippen LogP contribution >= 0.6 is 0 Å². The minimum atomic E-state index is -1.20. The highest BCUT2D eigenvalue weighted by molar-refractivity contribution is 5.24. The second kappa shape index (κ2) is 5.69. The molecule has 0 spiro atoms. The molecule has 2 unspecified atom stereocenters. The summed E-state index contributed by atoms with van der Waals surface area (Å²) in [7, 11) is 1.60. The molecule has 1 aromatic rings. The molecule has 1 aliphatic rings. The predicted octanol–water partition coefficient (Wildman–Crippen LogP) is 1.78. The summed E-state index contributed by atoms with van der Waals surface area (Å²) in [6.45, 7) is 1.16. The lowest BCUT2D eigenvalue weighted by Gasteiger charge is -2.30. The number of nitrogens with one attached hydrogen (secondary N) is 1. The van der Waals surface area contributed by atoms with Crippen molar-refractivity contribution in [3.8, 4) is 0 Å². The van der Waals surface area contributed by atoms with Crippen LogP contribution < -0.4 is 5.32 Å². The van der Waals surface area contributed by atoms with E-state index in [1.807, 2.05) is 0 Å². The van der Waals surface area contributed by atoms with Crippen LogP contribution in [0.5, 0.6) is 0 Å². The summed E-state index contributed by atoms with van der Waals surface area (Å²) < 4.78 is 50.4. The fraction of sp³-hybridized carbons (Fsp3) is 0.500. The number of ether oxygens (including phenoxy) is 2. The topological polar surface area (TPSA) is 30.5 Å². The van der Waals surface area contributed by atoms with Crippen LogP contribution in [0.4, 0.5) is 13.2 Å². The minimum Gasteiger partial charge on any atom is -0.376 e. The van der Waals surface area contributed by atoms with Gasteiger partial charge in [-0.1, -0.05) is 0 Å². The van der Waals surface area contributed by atoms with E-state index < -0.39 is 29.6 Å². The quantitative estimate of drug-likeness (QED) is 0.841. The maximum Gasteiger partial charge on any atom is 0.161 e. The molecule has 0 bridgehead atoms. The maximum absolute atomic E-state index is 13.7. The molecule has 100 valence electrons. The van der Waals surface area contributed by atoms with E-state index in [9.17, 15) is 13.2 Å². The molecule has 1 aliphatic heterocycles. The zero-order valence-electron chi connectivity index (χ0n) is 9.88. The number of hydrogen-bond acceptors (Lipinski definition) is 3. The van der Waals surface area contributed by atoms with Gasteiger partial charge >= 0.3 is 0 Å². The summed E-state index contributed by atoms with van der Waals surface area (Å²) in [4.78, 5) is 0. The summed E-state index contributed by atoms with van der Waals surface area (Å²) in [6, 6.07) is 0.808. The number of rotatable bonds is 3. The number of benzene rings is 1. The molecule has 1 saturated heterocycles. The lowest BCUT2D eigenvalue weighted by molar-refractivity contribution is -0.102. The van der Waals surface area contributed by atoms with E-state index in [0.717, 1.165) is 6.07 Å². The lowest BCUT2D eigenvalue weighted by atomic mass is 10.0. The molecule has 0 radical (unpaired) electrons. The minimum absolute atomic E-state index is 0.0342. The van der Waals surface area contributed by atoms with Gasteiger partial charge in [0.05, 0.1) is 25.9 Å². The fourth-order valence-corrected chi connectivity index (χ4v) is 2.02. The van der Waals surface area contributed by atoms with Crippen LogP contribution in [-0.4, -0.2) is 33.0 Å². The first kappa shape index (κ1) is 13.3. The van der Waals surface area contributed by atoms with E-state index in [0.29, 0.717) is 19.3 Å². The smallest absolute Gasteiger partial charge is 0.161 e. The molecule has 6 heteroatoms. The lowest BCUT2D eigenvalue weighted by Crippen LogP contribution is -2.39. The Kier molecular flexibility index (Phi) is 4.21. The van der Waals surface area contributed by atoms with Gasteiger partial charge in [-0.25, -0.2) is 13.2 Å². The second-order valence-corrected chi connectivity index (χ2v) is 4.04. The number of hydrogen-bond donors (Lipinski definition) is 1. The number of halogens is 3. The molecule has 0 saturated carbocycles. The van der Waals surface area contributed by atoms with Gasteiger partial charge in [-0.2, -0.15) is 0 Å². The summed E-state index contributed by atoms with van der Waals surface area (Å²) in [5.41, 5.74) is 0.0342. The number of likely N-dealkylation sites (N-methyl/N-ethyl adjacent to an activating group) is 1. The molecular weight excluding hydrogens is 247 g/mol. The van der Waals surface area contributed by atoms with Crippen LogP contribution in [0.2, 0.25) is 0 Å². The van der Waals surface area contributed by atoms with Gasteiger partial charge in [0.2, 0.25) is 0 Å². The van der Waals surface area contributed by atoms with Crippen LogP contribution in [0.15, 0.2) is 12.1 Å². The Morgan fingerprint density at radius 2 is 1.89 bits per heavy atom. The maximum atomic E-state index is 13.7.